The average molecular weight is 266 g/mol. The third-order valence-electron chi connectivity index (χ3n) is 3.24. The SMILES string of the molecule is Cc1ccccc1-c1scc(-c2ccccc2)c1O. The first kappa shape index (κ1) is 12.0. The Kier molecular flexibility index (Phi) is 3.10. The number of benzene rings is 2. The first-order chi connectivity index (χ1) is 9.27. The molecule has 1 N–H and O–H groups in total. The molecule has 94 valence electrons. The lowest BCUT2D eigenvalue weighted by Crippen LogP contribution is -1.80. The lowest BCUT2D eigenvalue weighted by atomic mass is 10.0. The number of hydrogen-bond donors (Lipinski definition) is 1. The zero-order chi connectivity index (χ0) is 13.2. The van der Waals surface area contributed by atoms with Gasteiger partial charge in [0, 0.05) is 10.9 Å². The summed E-state index contributed by atoms with van der Waals surface area (Å²) < 4.78 is 0. The summed E-state index contributed by atoms with van der Waals surface area (Å²) >= 11 is 1.59. The van der Waals surface area contributed by atoms with E-state index in [0.717, 1.165) is 21.6 Å². The highest BCUT2D eigenvalue weighted by Gasteiger charge is 2.14. The molecule has 0 saturated carbocycles. The van der Waals surface area contributed by atoms with Gasteiger partial charge in [-0.3, -0.25) is 0 Å². The molecule has 1 aromatic heterocycles. The van der Waals surface area contributed by atoms with Gasteiger partial charge < -0.3 is 5.11 Å². The number of aryl methyl sites for hydroxylation is 1. The summed E-state index contributed by atoms with van der Waals surface area (Å²) in [5.74, 6) is 0.380. The van der Waals surface area contributed by atoms with Crippen LogP contribution >= 0.6 is 11.3 Å². The monoisotopic (exact) mass is 266 g/mol. The van der Waals surface area contributed by atoms with Gasteiger partial charge in [0.25, 0.3) is 0 Å². The molecule has 1 nitrogen and oxygen atoms in total. The van der Waals surface area contributed by atoms with Crippen LogP contribution in [0, 0.1) is 6.92 Å². The molecular weight excluding hydrogens is 252 g/mol. The summed E-state index contributed by atoms with van der Waals surface area (Å²) in [5, 5.41) is 12.5. The first-order valence-corrected chi connectivity index (χ1v) is 7.07. The van der Waals surface area contributed by atoms with Crippen molar-refractivity contribution in [2.75, 3.05) is 0 Å². The lowest BCUT2D eigenvalue weighted by Gasteiger charge is -2.04. The van der Waals surface area contributed by atoms with Crippen molar-refractivity contribution in [1.82, 2.24) is 0 Å². The Labute approximate surface area is 116 Å². The molecular formula is C17H14OS. The summed E-state index contributed by atoms with van der Waals surface area (Å²) in [4.78, 5) is 0.942. The topological polar surface area (TPSA) is 20.2 Å². The molecule has 0 fully saturated rings. The summed E-state index contributed by atoms with van der Waals surface area (Å²) in [6.07, 6.45) is 0. The Bertz CT molecular complexity index is 698. The molecule has 0 amide bonds. The molecule has 0 saturated heterocycles. The quantitative estimate of drug-likeness (QED) is 0.684. The van der Waals surface area contributed by atoms with Gasteiger partial charge >= 0.3 is 0 Å². The molecule has 0 aliphatic carbocycles. The van der Waals surface area contributed by atoms with Crippen LogP contribution in [0.2, 0.25) is 0 Å². The van der Waals surface area contributed by atoms with Gasteiger partial charge in [-0.15, -0.1) is 11.3 Å². The van der Waals surface area contributed by atoms with E-state index in [4.69, 9.17) is 0 Å². The van der Waals surface area contributed by atoms with Gasteiger partial charge in [0.15, 0.2) is 0 Å². The highest BCUT2D eigenvalue weighted by atomic mass is 32.1. The standard InChI is InChI=1S/C17H14OS/c1-12-7-5-6-10-14(12)17-16(18)15(11-19-17)13-8-3-2-4-9-13/h2-11,18H,1H3. The molecule has 0 aliphatic heterocycles. The van der Waals surface area contributed by atoms with Gasteiger partial charge in [0.2, 0.25) is 0 Å². The highest BCUT2D eigenvalue weighted by molar-refractivity contribution is 7.14. The van der Waals surface area contributed by atoms with Crippen LogP contribution in [0.5, 0.6) is 5.75 Å². The molecule has 0 spiro atoms. The fourth-order valence-electron chi connectivity index (χ4n) is 2.19. The summed E-state index contributed by atoms with van der Waals surface area (Å²) in [7, 11) is 0. The zero-order valence-electron chi connectivity index (χ0n) is 10.6. The second-order valence-electron chi connectivity index (χ2n) is 4.51. The molecule has 0 aliphatic rings. The van der Waals surface area contributed by atoms with Gasteiger partial charge in [0.1, 0.15) is 5.75 Å². The van der Waals surface area contributed by atoms with Crippen molar-refractivity contribution in [1.29, 1.82) is 0 Å². The van der Waals surface area contributed by atoms with Crippen LogP contribution in [0.3, 0.4) is 0 Å². The van der Waals surface area contributed by atoms with E-state index < -0.39 is 0 Å². The summed E-state index contributed by atoms with van der Waals surface area (Å²) in [6, 6.07) is 18.1. The normalized spacial score (nSPS) is 10.6. The molecule has 3 rings (SSSR count). The van der Waals surface area contributed by atoms with Crippen LogP contribution in [0.25, 0.3) is 21.6 Å². The van der Waals surface area contributed by atoms with Crippen molar-refractivity contribution < 1.29 is 5.11 Å². The maximum absolute atomic E-state index is 10.5. The Hall–Kier alpha value is -2.06. The molecule has 0 unspecified atom stereocenters. The largest absolute Gasteiger partial charge is 0.506 e. The van der Waals surface area contributed by atoms with E-state index in [9.17, 15) is 5.11 Å². The molecule has 0 atom stereocenters. The minimum Gasteiger partial charge on any atom is -0.506 e. The van der Waals surface area contributed by atoms with Crippen LogP contribution in [-0.2, 0) is 0 Å². The van der Waals surface area contributed by atoms with Gasteiger partial charge in [-0.05, 0) is 23.6 Å². The third-order valence-corrected chi connectivity index (χ3v) is 4.24. The predicted octanol–water partition coefficient (Wildman–Crippen LogP) is 5.10. The third kappa shape index (κ3) is 2.15. The fourth-order valence-corrected chi connectivity index (χ4v) is 3.25. The maximum atomic E-state index is 10.5. The van der Waals surface area contributed by atoms with Crippen LogP contribution < -0.4 is 0 Å². The zero-order valence-corrected chi connectivity index (χ0v) is 11.4. The Morgan fingerprint density at radius 2 is 1.53 bits per heavy atom. The second-order valence-corrected chi connectivity index (χ2v) is 5.39. The molecule has 1 heterocycles. The van der Waals surface area contributed by atoms with E-state index in [1.165, 1.54) is 5.56 Å². The fraction of sp³-hybridized carbons (Fsp3) is 0.0588. The van der Waals surface area contributed by atoms with Crippen molar-refractivity contribution in [2.45, 2.75) is 6.92 Å². The Morgan fingerprint density at radius 3 is 2.26 bits per heavy atom. The van der Waals surface area contributed by atoms with Crippen LogP contribution in [-0.4, -0.2) is 5.11 Å². The maximum Gasteiger partial charge on any atom is 0.142 e. The second kappa shape index (κ2) is 4.90. The highest BCUT2D eigenvalue weighted by Crippen LogP contribution is 2.44. The van der Waals surface area contributed by atoms with Gasteiger partial charge in [0.05, 0.1) is 4.88 Å². The minimum atomic E-state index is 0.380. The Balaban J connectivity index is 2.12. The van der Waals surface area contributed by atoms with Crippen LogP contribution in [0.4, 0.5) is 0 Å². The molecule has 19 heavy (non-hydrogen) atoms. The van der Waals surface area contributed by atoms with Gasteiger partial charge in [-0.1, -0.05) is 54.6 Å². The van der Waals surface area contributed by atoms with Crippen molar-refractivity contribution in [3.63, 3.8) is 0 Å². The van der Waals surface area contributed by atoms with E-state index in [0.29, 0.717) is 5.75 Å². The number of rotatable bonds is 2. The van der Waals surface area contributed by atoms with E-state index in [-0.39, 0.29) is 0 Å². The van der Waals surface area contributed by atoms with E-state index in [1.54, 1.807) is 11.3 Å². The molecule has 2 heteroatoms. The smallest absolute Gasteiger partial charge is 0.142 e. The van der Waals surface area contributed by atoms with E-state index in [2.05, 4.69) is 19.1 Å². The van der Waals surface area contributed by atoms with Gasteiger partial charge in [-0.2, -0.15) is 0 Å². The Morgan fingerprint density at radius 1 is 0.842 bits per heavy atom. The lowest BCUT2D eigenvalue weighted by molar-refractivity contribution is 0.481. The molecule has 0 bridgehead atoms. The predicted molar refractivity (Wildman–Crippen MR) is 81.6 cm³/mol. The number of aromatic hydroxyl groups is 1. The van der Waals surface area contributed by atoms with Crippen molar-refractivity contribution in [3.05, 3.63) is 65.5 Å². The van der Waals surface area contributed by atoms with Crippen molar-refractivity contribution >= 4 is 11.3 Å². The van der Waals surface area contributed by atoms with Gasteiger partial charge in [-0.25, -0.2) is 0 Å². The summed E-state index contributed by atoms with van der Waals surface area (Å²) in [6.45, 7) is 2.07. The van der Waals surface area contributed by atoms with Crippen LogP contribution in [0.1, 0.15) is 5.56 Å². The summed E-state index contributed by atoms with van der Waals surface area (Å²) in [5.41, 5.74) is 4.24. The van der Waals surface area contributed by atoms with Crippen molar-refractivity contribution in [2.24, 2.45) is 0 Å². The molecule has 2 aromatic carbocycles. The van der Waals surface area contributed by atoms with E-state index >= 15 is 0 Å². The number of thiophene rings is 1. The number of hydrogen-bond acceptors (Lipinski definition) is 2. The molecule has 0 radical (unpaired) electrons. The minimum absolute atomic E-state index is 0.380. The average Bonchev–Trinajstić information content (AvgIpc) is 2.82. The molecule has 3 aromatic rings. The first-order valence-electron chi connectivity index (χ1n) is 6.19. The van der Waals surface area contributed by atoms with E-state index in [1.807, 2.05) is 47.8 Å². The van der Waals surface area contributed by atoms with Crippen molar-refractivity contribution in [3.8, 4) is 27.3 Å². The van der Waals surface area contributed by atoms with Crippen LogP contribution in [0.15, 0.2) is 60.0 Å².